The number of carbonyl (C=O) groups is 8. The van der Waals surface area contributed by atoms with Crippen molar-refractivity contribution >= 4 is 47.8 Å². The van der Waals surface area contributed by atoms with Gasteiger partial charge in [0.1, 0.15) is 73.0 Å². The van der Waals surface area contributed by atoms with Crippen LogP contribution in [0.25, 0.3) is 0 Å². The van der Waals surface area contributed by atoms with Crippen molar-refractivity contribution < 1.29 is 134 Å². The second kappa shape index (κ2) is 61.5. The molecule has 0 aliphatic carbocycles. The molecule has 0 amide bonds. The summed E-state index contributed by atoms with van der Waals surface area (Å²) in [6, 6.07) is 8.60. The number of hydrogen-bond donors (Lipinski definition) is 3. The van der Waals surface area contributed by atoms with Crippen LogP contribution in [-0.2, 0) is 122 Å². The van der Waals surface area contributed by atoms with Crippen LogP contribution in [0.5, 0.6) is 11.5 Å². The summed E-state index contributed by atoms with van der Waals surface area (Å²) in [5.41, 5.74) is 0.453. The molecule has 4 rings (SSSR count). The lowest BCUT2D eigenvalue weighted by molar-refractivity contribution is -0.157. The first-order valence-corrected chi connectivity index (χ1v) is 43.2. The molecule has 2 aliphatic heterocycles. The summed E-state index contributed by atoms with van der Waals surface area (Å²) < 4.78 is 93.6. The van der Waals surface area contributed by atoms with Crippen molar-refractivity contribution in [2.24, 2.45) is 0 Å². The topological polar surface area (TPSA) is 380 Å². The molecule has 0 spiro atoms. The van der Waals surface area contributed by atoms with Crippen LogP contribution in [0.3, 0.4) is 0 Å². The van der Waals surface area contributed by atoms with Crippen LogP contribution < -0.4 is 9.47 Å². The number of nitrogens with zero attached hydrogens (tertiary/aromatic N) is 8. The number of benzene rings is 2. The summed E-state index contributed by atoms with van der Waals surface area (Å²) in [6.07, 6.45) is 3.51. The SMILES string of the molecule is CCOCCOCCOc1ccc(CCC[C@@H](C(=O)OC)N2CCN([C@H](CO)C(=O)OC)CCN([C@@H](CO)C(=O)OC)CCN([C@@H](CO)C(=O)OC)CC2)cc1.CCOCCOCCOc1ccc(CCC[C@@H](C(=O)OC)N2CCN([C@H](COC(C)(C)C)C(=O)OC)CCN([C@@H](COC(C)(C)C)C(=O)OC)CCN([C@@H](COC(C)(C)C)C(=O)OC)CC2)cc1. The average Bonchev–Trinajstić information content (AvgIpc) is 0.832. The molecule has 36 nitrogen and oxygen atoms in total. The lowest BCUT2D eigenvalue weighted by Crippen LogP contribution is -2.58. The van der Waals surface area contributed by atoms with E-state index < -0.39 is 133 Å². The maximum Gasteiger partial charge on any atom is 0.325 e. The molecule has 2 fully saturated rings. The number of hydrogen-bond acceptors (Lipinski definition) is 36. The smallest absolute Gasteiger partial charge is 0.325 e. The van der Waals surface area contributed by atoms with Gasteiger partial charge in [-0.1, -0.05) is 24.3 Å². The Labute approximate surface area is 736 Å². The lowest BCUT2D eigenvalue weighted by Gasteiger charge is -2.41. The van der Waals surface area contributed by atoms with Crippen molar-refractivity contribution in [3.63, 3.8) is 0 Å². The van der Waals surface area contributed by atoms with Gasteiger partial charge in [0.05, 0.1) is 153 Å². The van der Waals surface area contributed by atoms with E-state index in [1.54, 1.807) is 14.7 Å². The van der Waals surface area contributed by atoms with Gasteiger partial charge in [-0.05, 0) is 150 Å². The van der Waals surface area contributed by atoms with Crippen molar-refractivity contribution in [2.75, 3.05) is 267 Å². The number of ether oxygens (including phenoxy) is 17. The Morgan fingerprint density at radius 3 is 0.694 bits per heavy atom. The van der Waals surface area contributed by atoms with E-state index in [0.29, 0.717) is 150 Å². The van der Waals surface area contributed by atoms with Gasteiger partial charge in [0, 0.05) is 118 Å². The summed E-state index contributed by atoms with van der Waals surface area (Å²) in [6.45, 7) is 28.6. The highest BCUT2D eigenvalue weighted by atomic mass is 16.6. The predicted octanol–water partition coefficient (Wildman–Crippen LogP) is 3.08. The highest BCUT2D eigenvalue weighted by Crippen LogP contribution is 2.24. The number of rotatable bonds is 49. The highest BCUT2D eigenvalue weighted by molar-refractivity contribution is 5.79. The van der Waals surface area contributed by atoms with Gasteiger partial charge in [0.15, 0.2) is 0 Å². The second-order valence-electron chi connectivity index (χ2n) is 32.8. The minimum Gasteiger partial charge on any atom is -0.491 e. The molecular formula is C88H152N8O28. The number of aliphatic hydroxyl groups excluding tert-OH is 3. The standard InChI is InChI=1S/C50H88N4O14.C38H64N4O14/c1-15-63-31-32-64-33-34-65-39-21-19-38(20-22-39)17-16-18-40(44(55)59-11)51-23-25-52(41(45(56)60-12)35-66-48(2,3)4)27-29-54(43(47(58)62-14)37-68-50(8,9)10)30-28-53(26-24-51)42(46(57)61-13)36-67-49(5,6)7;1-6-54-22-23-55-24-25-56-30-12-10-29(11-13-30)8-7-9-31(35(46)50-2)39-14-16-40(32(26-43)36(47)51-3)18-20-42(34(28-45)38(49)53-5)21-19-41(17-15-39)33(27-44)37(48)52-4/h19-22,40-43H,15-18,23-37H2,1-14H3;10-13,31-34,43-45H,6-9,14-28H2,1-5H3/t40-,41-,42+,43-;31-,32-,33+,34-/m00/s1. The Hall–Kier alpha value is -6.92. The van der Waals surface area contributed by atoms with Gasteiger partial charge in [0.2, 0.25) is 0 Å². The molecule has 8 atom stereocenters. The van der Waals surface area contributed by atoms with Crippen molar-refractivity contribution in [3.05, 3.63) is 59.7 Å². The summed E-state index contributed by atoms with van der Waals surface area (Å²) in [5, 5.41) is 30.8. The van der Waals surface area contributed by atoms with Crippen LogP contribution in [0, 0.1) is 0 Å². The third kappa shape index (κ3) is 42.8. The molecule has 3 N–H and O–H groups in total. The maximum atomic E-state index is 13.9. The normalized spacial score (nSPS) is 17.6. The van der Waals surface area contributed by atoms with Crippen LogP contribution in [0.2, 0.25) is 0 Å². The van der Waals surface area contributed by atoms with Gasteiger partial charge in [-0.25, -0.2) is 0 Å². The Balaban J connectivity index is 0.000000652. The lowest BCUT2D eigenvalue weighted by atomic mass is 10.0. The van der Waals surface area contributed by atoms with E-state index in [4.69, 9.17) is 80.5 Å². The van der Waals surface area contributed by atoms with Gasteiger partial charge in [-0.2, -0.15) is 0 Å². The summed E-state index contributed by atoms with van der Waals surface area (Å²) in [5.74, 6) is -2.83. The van der Waals surface area contributed by atoms with Crippen LogP contribution in [-0.4, -0.2) is 435 Å². The first kappa shape index (κ1) is 111. The van der Waals surface area contributed by atoms with E-state index >= 15 is 0 Å². The molecule has 712 valence electrons. The van der Waals surface area contributed by atoms with E-state index in [9.17, 15) is 53.7 Å². The van der Waals surface area contributed by atoms with Crippen LogP contribution in [0.1, 0.15) is 113 Å². The molecule has 0 saturated carbocycles. The molecule has 124 heavy (non-hydrogen) atoms. The molecular weight excluding hydrogens is 1620 g/mol. The van der Waals surface area contributed by atoms with Crippen molar-refractivity contribution in [3.8, 4) is 11.5 Å². The van der Waals surface area contributed by atoms with E-state index in [0.717, 1.165) is 16.9 Å². The van der Waals surface area contributed by atoms with Crippen LogP contribution in [0.4, 0.5) is 0 Å². The fraction of sp³-hybridized carbons (Fsp3) is 0.773. The Bertz CT molecular complexity index is 3200. The van der Waals surface area contributed by atoms with Crippen molar-refractivity contribution in [1.82, 2.24) is 39.2 Å². The fourth-order valence-electron chi connectivity index (χ4n) is 14.1. The van der Waals surface area contributed by atoms with E-state index in [-0.39, 0.29) is 85.3 Å². The zero-order chi connectivity index (χ0) is 92.2. The summed E-state index contributed by atoms with van der Waals surface area (Å²) in [7, 11) is 10.4. The molecule has 2 saturated heterocycles. The van der Waals surface area contributed by atoms with Crippen molar-refractivity contribution in [2.45, 2.75) is 180 Å². The number of aliphatic hydroxyl groups is 3. The monoisotopic (exact) mass is 1770 g/mol. The van der Waals surface area contributed by atoms with Gasteiger partial charge in [0.25, 0.3) is 0 Å². The molecule has 0 unspecified atom stereocenters. The molecule has 36 heteroatoms. The van der Waals surface area contributed by atoms with Gasteiger partial charge in [-0.15, -0.1) is 0 Å². The zero-order valence-electron chi connectivity index (χ0n) is 77.7. The minimum absolute atomic E-state index is 0.0367. The van der Waals surface area contributed by atoms with Gasteiger partial charge >= 0.3 is 47.8 Å². The van der Waals surface area contributed by atoms with Crippen LogP contribution >= 0.6 is 0 Å². The molecule has 0 aromatic heterocycles. The quantitative estimate of drug-likeness (QED) is 0.0487. The van der Waals surface area contributed by atoms with Gasteiger partial charge in [-0.3, -0.25) is 77.6 Å². The maximum absolute atomic E-state index is 13.9. The molecule has 2 aliphatic rings. The summed E-state index contributed by atoms with van der Waals surface area (Å²) >= 11 is 0. The predicted molar refractivity (Wildman–Crippen MR) is 462 cm³/mol. The Kier molecular flexibility index (Phi) is 55.2. The van der Waals surface area contributed by atoms with E-state index in [1.807, 2.05) is 144 Å². The first-order valence-electron chi connectivity index (χ1n) is 43.2. The Morgan fingerprint density at radius 1 is 0.290 bits per heavy atom. The molecule has 0 bridgehead atoms. The first-order chi connectivity index (χ1) is 59.2. The highest BCUT2D eigenvalue weighted by Gasteiger charge is 2.40. The molecule has 2 aromatic carbocycles. The molecule has 0 radical (unpaired) electrons. The van der Waals surface area contributed by atoms with E-state index in [2.05, 4.69) is 4.90 Å². The summed E-state index contributed by atoms with van der Waals surface area (Å²) in [4.78, 5) is 122. The van der Waals surface area contributed by atoms with Crippen molar-refractivity contribution in [1.29, 1.82) is 0 Å². The second-order valence-corrected chi connectivity index (χ2v) is 32.8. The van der Waals surface area contributed by atoms with Crippen LogP contribution in [0.15, 0.2) is 48.5 Å². The van der Waals surface area contributed by atoms with Gasteiger partial charge < -0.3 is 95.8 Å². The number of aryl methyl sites for hydroxylation is 2. The minimum atomic E-state index is -1.07. The largest absolute Gasteiger partial charge is 0.491 e. The number of methoxy groups -OCH3 is 8. The third-order valence-electron chi connectivity index (χ3n) is 21.1. The van der Waals surface area contributed by atoms with E-state index in [1.165, 1.54) is 56.9 Å². The number of esters is 8. The number of carbonyl (C=O) groups excluding carboxylic acids is 8. The molecule has 2 heterocycles. The fourth-order valence-corrected chi connectivity index (χ4v) is 14.1. The third-order valence-corrected chi connectivity index (χ3v) is 21.1. The Morgan fingerprint density at radius 2 is 0.484 bits per heavy atom. The zero-order valence-corrected chi connectivity index (χ0v) is 77.7. The molecule has 2 aromatic rings. The average molecular weight is 1770 g/mol.